The minimum atomic E-state index is -6.29. The molecule has 0 saturated carbocycles. The molecule has 1 aromatic carbocycles. The van der Waals surface area contributed by atoms with Crippen molar-refractivity contribution in [3.8, 4) is 5.75 Å². The lowest BCUT2D eigenvalue weighted by molar-refractivity contribution is -0.379. The lowest BCUT2D eigenvalue weighted by Crippen LogP contribution is -2.52. The van der Waals surface area contributed by atoms with Crippen LogP contribution in [0, 0.1) is 0 Å². The summed E-state index contributed by atoms with van der Waals surface area (Å²) in [5.74, 6) is -11.7. The van der Waals surface area contributed by atoms with Crippen molar-refractivity contribution >= 4 is 5.69 Å². The number of aromatic hydroxyl groups is 1. The molecule has 102 valence electrons. The largest absolute Gasteiger partial charge is 0.506 e. The van der Waals surface area contributed by atoms with Gasteiger partial charge in [0, 0.05) is 5.56 Å². The number of benzene rings is 1. The van der Waals surface area contributed by atoms with Crippen LogP contribution in [0.25, 0.3) is 0 Å². The summed E-state index contributed by atoms with van der Waals surface area (Å²) in [5, 5.41) is 17.7. The zero-order chi connectivity index (χ0) is 14.4. The molecule has 1 rings (SSSR count). The summed E-state index contributed by atoms with van der Waals surface area (Å²) in [5.41, 5.74) is 2.95. The number of hydrogen-bond donors (Lipinski definition) is 3. The third kappa shape index (κ3) is 2.05. The number of phenols is 1. The molecule has 18 heavy (non-hydrogen) atoms. The van der Waals surface area contributed by atoms with E-state index in [0.29, 0.717) is 12.1 Å². The molecule has 0 bridgehead atoms. The quantitative estimate of drug-likeness (QED) is 0.440. The van der Waals surface area contributed by atoms with Gasteiger partial charge in [-0.3, -0.25) is 0 Å². The molecule has 0 fully saturated rings. The SMILES string of the molecule is Nc1cc(C(O)(F)C(F)(F)C(F)(F)F)ccc1O. The van der Waals surface area contributed by atoms with Gasteiger partial charge in [0.1, 0.15) is 5.75 Å². The second kappa shape index (κ2) is 3.94. The summed E-state index contributed by atoms with van der Waals surface area (Å²) in [6.45, 7) is 0. The van der Waals surface area contributed by atoms with E-state index < -0.39 is 35.0 Å². The van der Waals surface area contributed by atoms with Crippen LogP contribution in [-0.2, 0) is 5.85 Å². The zero-order valence-corrected chi connectivity index (χ0v) is 8.47. The van der Waals surface area contributed by atoms with Gasteiger partial charge in [-0.05, 0) is 18.2 Å². The number of nitrogen functional groups attached to an aromatic ring is 1. The molecule has 1 unspecified atom stereocenters. The van der Waals surface area contributed by atoms with Crippen molar-refractivity contribution in [2.24, 2.45) is 0 Å². The van der Waals surface area contributed by atoms with E-state index in [-0.39, 0.29) is 6.07 Å². The number of halogens is 6. The van der Waals surface area contributed by atoms with Gasteiger partial charge in [-0.2, -0.15) is 26.3 Å². The smallest absolute Gasteiger partial charge is 0.459 e. The van der Waals surface area contributed by atoms with Crippen molar-refractivity contribution in [1.82, 2.24) is 0 Å². The first-order chi connectivity index (χ1) is 7.91. The molecule has 1 aromatic rings. The van der Waals surface area contributed by atoms with Crippen LogP contribution in [-0.4, -0.2) is 22.3 Å². The first-order valence-corrected chi connectivity index (χ1v) is 4.36. The zero-order valence-electron chi connectivity index (χ0n) is 8.47. The van der Waals surface area contributed by atoms with Crippen LogP contribution in [0.5, 0.6) is 5.75 Å². The highest BCUT2D eigenvalue weighted by Gasteiger charge is 2.72. The molecule has 0 amide bonds. The first-order valence-electron chi connectivity index (χ1n) is 4.36. The van der Waals surface area contributed by atoms with Gasteiger partial charge >= 0.3 is 18.0 Å². The highest BCUT2D eigenvalue weighted by molar-refractivity contribution is 5.54. The van der Waals surface area contributed by atoms with E-state index in [0.717, 1.165) is 0 Å². The maximum absolute atomic E-state index is 13.4. The van der Waals surface area contributed by atoms with Gasteiger partial charge in [-0.1, -0.05) is 0 Å². The molecular weight excluding hydrogens is 268 g/mol. The number of anilines is 1. The summed E-state index contributed by atoms with van der Waals surface area (Å²) in [6, 6.07) is 1.24. The van der Waals surface area contributed by atoms with Crippen LogP contribution in [0.4, 0.5) is 32.0 Å². The lowest BCUT2D eigenvalue weighted by Gasteiger charge is -2.30. The summed E-state index contributed by atoms with van der Waals surface area (Å²) < 4.78 is 74.8. The molecule has 0 aromatic heterocycles. The van der Waals surface area contributed by atoms with Crippen molar-refractivity contribution < 1.29 is 36.6 Å². The third-order valence-corrected chi connectivity index (χ3v) is 2.18. The maximum atomic E-state index is 13.4. The second-order valence-electron chi connectivity index (χ2n) is 3.47. The Bertz CT molecular complexity index is 457. The van der Waals surface area contributed by atoms with Crippen LogP contribution in [0.2, 0.25) is 0 Å². The molecule has 0 aliphatic heterocycles. The Hall–Kier alpha value is -1.64. The van der Waals surface area contributed by atoms with Gasteiger partial charge in [0.15, 0.2) is 0 Å². The maximum Gasteiger partial charge on any atom is 0.459 e. The van der Waals surface area contributed by atoms with Gasteiger partial charge in [0.2, 0.25) is 0 Å². The number of phenolic OH excluding ortho intramolecular Hbond substituents is 1. The second-order valence-corrected chi connectivity index (χ2v) is 3.47. The van der Waals surface area contributed by atoms with Crippen LogP contribution < -0.4 is 5.73 Å². The van der Waals surface area contributed by atoms with Crippen molar-refractivity contribution in [3.63, 3.8) is 0 Å². The van der Waals surface area contributed by atoms with E-state index >= 15 is 0 Å². The average Bonchev–Trinajstić information content (AvgIpc) is 2.20. The monoisotopic (exact) mass is 275 g/mol. The predicted octanol–water partition coefficient (Wildman–Crippen LogP) is 2.29. The Kier molecular flexibility index (Phi) is 3.16. The molecule has 3 nitrogen and oxygen atoms in total. The Morgan fingerprint density at radius 3 is 1.89 bits per heavy atom. The highest BCUT2D eigenvalue weighted by atomic mass is 19.4. The van der Waals surface area contributed by atoms with E-state index in [2.05, 4.69) is 0 Å². The summed E-state index contributed by atoms with van der Waals surface area (Å²) in [7, 11) is 0. The highest BCUT2D eigenvalue weighted by Crippen LogP contribution is 2.49. The van der Waals surface area contributed by atoms with Crippen LogP contribution in [0.1, 0.15) is 5.56 Å². The lowest BCUT2D eigenvalue weighted by atomic mass is 9.99. The van der Waals surface area contributed by atoms with Gasteiger partial charge in [-0.25, -0.2) is 0 Å². The number of hydrogen-bond acceptors (Lipinski definition) is 3. The third-order valence-electron chi connectivity index (χ3n) is 2.18. The van der Waals surface area contributed by atoms with Gasteiger partial charge in [0.25, 0.3) is 0 Å². The number of rotatable bonds is 2. The minimum Gasteiger partial charge on any atom is -0.506 e. The molecule has 0 aliphatic rings. The predicted molar refractivity (Wildman–Crippen MR) is 48.5 cm³/mol. The van der Waals surface area contributed by atoms with Crippen molar-refractivity contribution in [2.45, 2.75) is 18.0 Å². The fraction of sp³-hybridized carbons (Fsp3) is 0.333. The molecule has 9 heteroatoms. The Morgan fingerprint density at radius 2 is 1.50 bits per heavy atom. The Labute approximate surface area is 96.4 Å². The average molecular weight is 275 g/mol. The van der Waals surface area contributed by atoms with Gasteiger partial charge in [-0.15, -0.1) is 0 Å². The molecule has 0 spiro atoms. The summed E-state index contributed by atoms with van der Waals surface area (Å²) >= 11 is 0. The van der Waals surface area contributed by atoms with Crippen LogP contribution in [0.15, 0.2) is 18.2 Å². The molecule has 0 heterocycles. The molecule has 1 atom stereocenters. The Balaban J connectivity index is 3.33. The molecule has 0 aliphatic carbocycles. The van der Waals surface area contributed by atoms with E-state index in [4.69, 9.17) is 15.9 Å². The van der Waals surface area contributed by atoms with Crippen molar-refractivity contribution in [3.05, 3.63) is 23.8 Å². The molecule has 0 saturated heterocycles. The number of aliphatic hydroxyl groups is 1. The molecular formula is C9H7F6NO2. The normalized spacial score (nSPS) is 16.4. The Morgan fingerprint density at radius 1 is 1.00 bits per heavy atom. The van der Waals surface area contributed by atoms with Crippen molar-refractivity contribution in [1.29, 1.82) is 0 Å². The number of nitrogens with two attached hydrogens (primary N) is 1. The van der Waals surface area contributed by atoms with Crippen molar-refractivity contribution in [2.75, 3.05) is 5.73 Å². The number of alkyl halides is 6. The topological polar surface area (TPSA) is 66.5 Å². The summed E-state index contributed by atoms with van der Waals surface area (Å²) in [6.07, 6.45) is -6.29. The van der Waals surface area contributed by atoms with Gasteiger partial charge in [0.05, 0.1) is 5.69 Å². The van der Waals surface area contributed by atoms with E-state index in [1.165, 1.54) is 0 Å². The van der Waals surface area contributed by atoms with Crippen LogP contribution >= 0.6 is 0 Å². The van der Waals surface area contributed by atoms with E-state index in [9.17, 15) is 26.3 Å². The minimum absolute atomic E-state index is 0.287. The summed E-state index contributed by atoms with van der Waals surface area (Å²) in [4.78, 5) is 0. The molecule has 4 N–H and O–H groups in total. The van der Waals surface area contributed by atoms with E-state index in [1.807, 2.05) is 0 Å². The standard InChI is InChI=1S/C9H7F6NO2/c10-7(18,8(11,12)9(13,14)15)4-1-2-6(17)5(16)3-4/h1-3,17-18H,16H2. The molecule has 0 radical (unpaired) electrons. The first kappa shape index (κ1) is 14.4. The van der Waals surface area contributed by atoms with E-state index in [1.54, 1.807) is 0 Å². The van der Waals surface area contributed by atoms with Crippen LogP contribution in [0.3, 0.4) is 0 Å². The van der Waals surface area contributed by atoms with Gasteiger partial charge < -0.3 is 15.9 Å². The fourth-order valence-electron chi connectivity index (χ4n) is 1.13. The fourth-order valence-corrected chi connectivity index (χ4v) is 1.13.